The van der Waals surface area contributed by atoms with E-state index in [1.807, 2.05) is 6.07 Å². The third-order valence-corrected chi connectivity index (χ3v) is 9.93. The molecule has 3 aliphatic carbocycles. The predicted molar refractivity (Wildman–Crippen MR) is 154 cm³/mol. The molecule has 0 aliphatic heterocycles. The zero-order valence-electron chi connectivity index (χ0n) is 23.0. The van der Waals surface area contributed by atoms with Gasteiger partial charge in [-0.25, -0.2) is 9.50 Å². The number of methoxy groups -OCH3 is 1. The summed E-state index contributed by atoms with van der Waals surface area (Å²) in [6, 6.07) is 8.58. The van der Waals surface area contributed by atoms with Crippen LogP contribution in [-0.4, -0.2) is 77.2 Å². The van der Waals surface area contributed by atoms with Crippen molar-refractivity contribution in [3.05, 3.63) is 36.0 Å². The largest absolute Gasteiger partial charge is 0.480 e. The van der Waals surface area contributed by atoms with Gasteiger partial charge in [-0.2, -0.15) is 18.3 Å². The number of thioether (sulfide) groups is 1. The zero-order valence-corrected chi connectivity index (χ0v) is 24.7. The quantitative estimate of drug-likeness (QED) is 0.213. The second-order valence-corrected chi connectivity index (χ2v) is 15.3. The third-order valence-electron chi connectivity index (χ3n) is 7.74. The number of ether oxygens (including phenoxy) is 1. The van der Waals surface area contributed by atoms with Gasteiger partial charge >= 0.3 is 5.51 Å². The highest BCUT2D eigenvalue weighted by Crippen LogP contribution is 2.58. The Bertz CT molecular complexity index is 1550. The van der Waals surface area contributed by atoms with Gasteiger partial charge in [0.25, 0.3) is 0 Å². The molecule has 214 valence electrons. The monoisotopic (exact) mass is 592 g/mol. The molecule has 2 bridgehead atoms. The molecule has 3 fully saturated rings. The maximum atomic E-state index is 13.6. The molecule has 0 amide bonds. The lowest BCUT2D eigenvalue weighted by atomic mass is 9.70. The second kappa shape index (κ2) is 10.2. The van der Waals surface area contributed by atoms with Crippen molar-refractivity contribution >= 4 is 41.4 Å². The molecule has 0 atom stereocenters. The van der Waals surface area contributed by atoms with Crippen LogP contribution in [0.4, 0.5) is 24.7 Å². The van der Waals surface area contributed by atoms with Crippen molar-refractivity contribution in [1.29, 1.82) is 0 Å². The molecule has 6 rings (SSSR count). The summed E-state index contributed by atoms with van der Waals surface area (Å²) in [5, 5.41) is 11.2. The lowest BCUT2D eigenvalue weighted by Gasteiger charge is -2.51. The highest BCUT2D eigenvalue weighted by molar-refractivity contribution is 8.00. The molecular weight excluding hydrogens is 560 g/mol. The van der Waals surface area contributed by atoms with Crippen LogP contribution in [0.2, 0.25) is 0 Å². The average Bonchev–Trinajstić information content (AvgIpc) is 3.51. The lowest BCUT2D eigenvalue weighted by Crippen LogP contribution is -2.59. The summed E-state index contributed by atoms with van der Waals surface area (Å²) in [6.07, 6.45) is 4.06. The number of anilines is 2. The maximum absolute atomic E-state index is 13.6. The Morgan fingerprint density at radius 2 is 1.95 bits per heavy atom. The molecule has 3 aromatic heterocycles. The van der Waals surface area contributed by atoms with E-state index >= 15 is 0 Å². The van der Waals surface area contributed by atoms with Crippen molar-refractivity contribution in [2.75, 3.05) is 51.7 Å². The fraction of sp³-hybridized carbons (Fsp3) is 0.481. The summed E-state index contributed by atoms with van der Waals surface area (Å²) < 4.78 is 59.9. The van der Waals surface area contributed by atoms with Crippen LogP contribution in [0.1, 0.15) is 31.4 Å². The number of hydrogen-bond donors (Lipinski definition) is 2. The number of fused-ring (bicyclic) bond motifs is 2. The number of aromatic nitrogens is 3. The van der Waals surface area contributed by atoms with E-state index in [2.05, 4.69) is 51.6 Å². The number of hydrogen-bond acceptors (Lipinski definition) is 8. The molecule has 0 aromatic carbocycles. The second-order valence-electron chi connectivity index (χ2n) is 11.0. The Kier molecular flexibility index (Phi) is 7.30. The number of nitrogens with one attached hydrogen (secondary N) is 2. The topological polar surface area (TPSA) is 83.8 Å². The molecule has 0 radical (unpaired) electrons. The highest BCUT2D eigenvalue weighted by Gasteiger charge is 2.62. The van der Waals surface area contributed by atoms with Crippen LogP contribution in [0.5, 0.6) is 5.88 Å². The normalized spacial score (nSPS) is 22.1. The molecule has 3 heterocycles. The SMILES string of the molecule is COc1nc(P(C)(C)=O)ccc1NCC#Cc1nn2c(NC34CCC(N(C)C)(C3)C4)cccc2c1SC(F)(F)F. The summed E-state index contributed by atoms with van der Waals surface area (Å²) in [5.74, 6) is 6.62. The van der Waals surface area contributed by atoms with Crippen molar-refractivity contribution in [2.24, 2.45) is 0 Å². The first-order valence-corrected chi connectivity index (χ1v) is 16.2. The molecule has 3 aliphatic rings. The predicted octanol–water partition coefficient (Wildman–Crippen LogP) is 5.10. The number of pyridine rings is 2. The maximum Gasteiger partial charge on any atom is 0.446 e. The van der Waals surface area contributed by atoms with Gasteiger partial charge in [0.2, 0.25) is 5.88 Å². The Balaban J connectivity index is 1.40. The van der Waals surface area contributed by atoms with Crippen LogP contribution in [-0.2, 0) is 4.57 Å². The van der Waals surface area contributed by atoms with E-state index in [9.17, 15) is 17.7 Å². The van der Waals surface area contributed by atoms with Gasteiger partial charge in [-0.1, -0.05) is 12.0 Å². The summed E-state index contributed by atoms with van der Waals surface area (Å²) in [6.45, 7) is 3.35. The molecule has 3 aromatic rings. The molecule has 0 unspecified atom stereocenters. The van der Waals surface area contributed by atoms with E-state index < -0.39 is 12.7 Å². The molecule has 13 heteroatoms. The van der Waals surface area contributed by atoms with Crippen molar-refractivity contribution in [3.63, 3.8) is 0 Å². The Morgan fingerprint density at radius 3 is 2.58 bits per heavy atom. The van der Waals surface area contributed by atoms with Gasteiger partial charge in [-0.15, -0.1) is 0 Å². The van der Waals surface area contributed by atoms with E-state index in [1.54, 1.807) is 37.6 Å². The molecule has 0 spiro atoms. The third kappa shape index (κ3) is 5.52. The first-order valence-electron chi connectivity index (χ1n) is 12.8. The molecule has 0 saturated heterocycles. The number of halogens is 3. The van der Waals surface area contributed by atoms with E-state index in [4.69, 9.17) is 4.74 Å². The minimum atomic E-state index is -4.50. The van der Waals surface area contributed by atoms with Crippen LogP contribution in [0.3, 0.4) is 0 Å². The van der Waals surface area contributed by atoms with Gasteiger partial charge in [0.1, 0.15) is 24.1 Å². The van der Waals surface area contributed by atoms with Crippen LogP contribution in [0.15, 0.2) is 35.2 Å². The minimum absolute atomic E-state index is 0.0333. The molecular formula is C27H32F3N6O2PS. The fourth-order valence-electron chi connectivity index (χ4n) is 5.72. The van der Waals surface area contributed by atoms with E-state index in [0.717, 1.165) is 25.7 Å². The summed E-state index contributed by atoms with van der Waals surface area (Å²) in [7, 11) is 3.08. The molecule has 2 N–H and O–H groups in total. The van der Waals surface area contributed by atoms with Crippen molar-refractivity contribution in [1.82, 2.24) is 19.5 Å². The Morgan fingerprint density at radius 1 is 1.20 bits per heavy atom. The first kappa shape index (κ1) is 28.7. The number of nitrogens with zero attached hydrogens (tertiary/aromatic N) is 4. The van der Waals surface area contributed by atoms with Gasteiger partial charge < -0.3 is 24.8 Å². The van der Waals surface area contributed by atoms with Gasteiger partial charge in [0, 0.05) is 11.1 Å². The smallest absolute Gasteiger partial charge is 0.446 e. The lowest BCUT2D eigenvalue weighted by molar-refractivity contribution is -0.0327. The van der Waals surface area contributed by atoms with Gasteiger partial charge in [0.15, 0.2) is 0 Å². The molecule has 8 nitrogen and oxygen atoms in total. The standard InChI is InChI=1S/C27H32F3N6O2PS/c1-35(2)26-14-13-25(16-26,17-26)33-21-10-6-9-20-23(40-27(28,29)30)18(34-36(20)21)8-7-15-31-19-11-12-22(39(4,5)37)32-24(19)38-3/h6,9-12,31,33H,13-17H2,1-5H3. The highest BCUT2D eigenvalue weighted by atomic mass is 32.2. The van der Waals surface area contributed by atoms with Crippen LogP contribution < -0.4 is 20.8 Å². The minimum Gasteiger partial charge on any atom is -0.480 e. The van der Waals surface area contributed by atoms with Crippen LogP contribution >= 0.6 is 18.9 Å². The van der Waals surface area contributed by atoms with E-state index in [1.165, 1.54) is 11.6 Å². The van der Waals surface area contributed by atoms with Crippen LogP contribution in [0.25, 0.3) is 5.52 Å². The molecule has 3 saturated carbocycles. The van der Waals surface area contributed by atoms with E-state index in [-0.39, 0.29) is 45.9 Å². The van der Waals surface area contributed by atoms with Gasteiger partial charge in [0.05, 0.1) is 29.8 Å². The van der Waals surface area contributed by atoms with Gasteiger partial charge in [-0.3, -0.25) is 0 Å². The van der Waals surface area contributed by atoms with Crippen molar-refractivity contribution in [3.8, 4) is 17.7 Å². The fourth-order valence-corrected chi connectivity index (χ4v) is 7.17. The van der Waals surface area contributed by atoms with E-state index in [0.29, 0.717) is 22.5 Å². The number of alkyl halides is 3. The Hall–Kier alpha value is -2.87. The first-order chi connectivity index (χ1) is 18.7. The summed E-state index contributed by atoms with van der Waals surface area (Å²) >= 11 is -0.206. The molecule has 40 heavy (non-hydrogen) atoms. The van der Waals surface area contributed by atoms with Crippen molar-refractivity contribution in [2.45, 2.75) is 47.2 Å². The average molecular weight is 593 g/mol. The van der Waals surface area contributed by atoms with Gasteiger partial charge in [-0.05, 0) is 95.1 Å². The zero-order chi connectivity index (χ0) is 28.9. The summed E-state index contributed by atoms with van der Waals surface area (Å²) in [5.41, 5.74) is -3.01. The Labute approximate surface area is 235 Å². The summed E-state index contributed by atoms with van der Waals surface area (Å²) in [4.78, 5) is 6.55. The van der Waals surface area contributed by atoms with Crippen LogP contribution in [0, 0.1) is 11.8 Å². The number of rotatable bonds is 8. The van der Waals surface area contributed by atoms with Crippen molar-refractivity contribution < 1.29 is 22.5 Å².